The van der Waals surface area contributed by atoms with Crippen LogP contribution in [-0.2, 0) is 11.0 Å². The number of nitrogens with zero attached hydrogens (tertiary/aromatic N) is 3. The maximum absolute atomic E-state index is 12.8. The number of hydrogen-bond acceptors (Lipinski definition) is 4. The molecule has 3 heterocycles. The lowest BCUT2D eigenvalue weighted by Crippen LogP contribution is -2.49. The van der Waals surface area contributed by atoms with Gasteiger partial charge in [0.15, 0.2) is 0 Å². The van der Waals surface area contributed by atoms with Gasteiger partial charge in [0.05, 0.1) is 10.6 Å². The standard InChI is InChI=1S/C19H26ClF3N4O.ClH/c1-13(28)27(12-14-2-6-24-7-3-14)16-4-8-26(9-5-16)18-17(20)10-15(11-25-18)19(21,22)23;/h10-11,14,16,24H,2-9,12H2,1H3;1H. The summed E-state index contributed by atoms with van der Waals surface area (Å²) in [4.78, 5) is 20.0. The van der Waals surface area contributed by atoms with Gasteiger partial charge < -0.3 is 15.1 Å². The number of nitrogens with one attached hydrogen (secondary N) is 1. The zero-order chi connectivity index (χ0) is 20.3. The number of alkyl halides is 3. The maximum atomic E-state index is 12.8. The van der Waals surface area contributed by atoms with Gasteiger partial charge in [0.25, 0.3) is 0 Å². The fraction of sp³-hybridized carbons (Fsp3) is 0.684. The SMILES string of the molecule is CC(=O)N(CC1CCNCC1)C1CCN(c2ncc(C(F)(F)F)cc2Cl)CC1.Cl. The number of rotatable bonds is 4. The summed E-state index contributed by atoms with van der Waals surface area (Å²) in [5.74, 6) is 0.984. The van der Waals surface area contributed by atoms with Crippen LogP contribution < -0.4 is 10.2 Å². The summed E-state index contributed by atoms with van der Waals surface area (Å²) in [5.41, 5.74) is -0.846. The summed E-state index contributed by atoms with van der Waals surface area (Å²) < 4.78 is 38.4. The zero-order valence-electron chi connectivity index (χ0n) is 16.3. The molecule has 2 saturated heterocycles. The first-order valence-corrected chi connectivity index (χ1v) is 10.1. The number of pyridine rings is 1. The van der Waals surface area contributed by atoms with Crippen molar-refractivity contribution in [1.82, 2.24) is 15.2 Å². The molecule has 3 rings (SSSR count). The minimum Gasteiger partial charge on any atom is -0.355 e. The molecule has 1 amide bonds. The molecule has 0 bridgehead atoms. The Morgan fingerprint density at radius 1 is 1.28 bits per heavy atom. The Morgan fingerprint density at radius 2 is 1.90 bits per heavy atom. The Morgan fingerprint density at radius 3 is 2.41 bits per heavy atom. The van der Waals surface area contributed by atoms with Gasteiger partial charge in [0, 0.05) is 38.8 Å². The first kappa shape index (κ1) is 24.0. The predicted molar refractivity (Wildman–Crippen MR) is 110 cm³/mol. The van der Waals surface area contributed by atoms with E-state index in [2.05, 4.69) is 10.3 Å². The number of amides is 1. The van der Waals surface area contributed by atoms with Crippen LogP contribution in [0.4, 0.5) is 19.0 Å². The molecule has 0 spiro atoms. The number of piperidine rings is 2. The van der Waals surface area contributed by atoms with Gasteiger partial charge in [-0.05, 0) is 50.8 Å². The molecule has 0 radical (unpaired) electrons. The van der Waals surface area contributed by atoms with Crippen LogP contribution in [0.5, 0.6) is 0 Å². The number of halogens is 5. The van der Waals surface area contributed by atoms with Crippen LogP contribution in [0.1, 0.15) is 38.2 Å². The summed E-state index contributed by atoms with van der Waals surface area (Å²) in [6.45, 7) is 5.60. The van der Waals surface area contributed by atoms with Crippen molar-refractivity contribution in [3.63, 3.8) is 0 Å². The first-order chi connectivity index (χ1) is 13.3. The Labute approximate surface area is 180 Å². The number of aromatic nitrogens is 1. The quantitative estimate of drug-likeness (QED) is 0.746. The molecular formula is C19H27Cl2F3N4O. The van der Waals surface area contributed by atoms with E-state index in [9.17, 15) is 18.0 Å². The molecule has 0 saturated carbocycles. The van der Waals surface area contributed by atoms with Gasteiger partial charge in [-0.3, -0.25) is 4.79 Å². The van der Waals surface area contributed by atoms with Crippen LogP contribution in [0.2, 0.25) is 5.02 Å². The topological polar surface area (TPSA) is 48.5 Å². The van der Waals surface area contributed by atoms with Crippen molar-refractivity contribution < 1.29 is 18.0 Å². The van der Waals surface area contributed by atoms with Gasteiger partial charge in [0.2, 0.25) is 5.91 Å². The minimum absolute atomic E-state index is 0. The minimum atomic E-state index is -4.46. The van der Waals surface area contributed by atoms with E-state index in [0.717, 1.165) is 57.6 Å². The fourth-order valence-electron chi connectivity index (χ4n) is 4.08. The first-order valence-electron chi connectivity index (χ1n) is 9.71. The van der Waals surface area contributed by atoms with Crippen LogP contribution >= 0.6 is 24.0 Å². The van der Waals surface area contributed by atoms with E-state index >= 15 is 0 Å². The van der Waals surface area contributed by atoms with Gasteiger partial charge in [-0.15, -0.1) is 12.4 Å². The summed E-state index contributed by atoms with van der Waals surface area (Å²) in [7, 11) is 0. The van der Waals surface area contributed by atoms with E-state index in [-0.39, 0.29) is 29.4 Å². The molecule has 0 aromatic carbocycles. The highest BCUT2D eigenvalue weighted by molar-refractivity contribution is 6.33. The third-order valence-corrected chi connectivity index (χ3v) is 5.95. The van der Waals surface area contributed by atoms with E-state index in [4.69, 9.17) is 11.6 Å². The second-order valence-electron chi connectivity index (χ2n) is 7.61. The highest BCUT2D eigenvalue weighted by atomic mass is 35.5. The number of anilines is 1. The average Bonchev–Trinajstić information content (AvgIpc) is 2.66. The van der Waals surface area contributed by atoms with Crippen molar-refractivity contribution in [2.75, 3.05) is 37.6 Å². The van der Waals surface area contributed by atoms with Crippen molar-refractivity contribution in [2.45, 2.75) is 44.8 Å². The van der Waals surface area contributed by atoms with Crippen LogP contribution in [-0.4, -0.2) is 54.6 Å². The molecule has 0 unspecified atom stereocenters. The van der Waals surface area contributed by atoms with Crippen molar-refractivity contribution >= 4 is 35.7 Å². The molecule has 1 N–H and O–H groups in total. The summed E-state index contributed by atoms with van der Waals surface area (Å²) in [6.07, 6.45) is 0.0274. The highest BCUT2D eigenvalue weighted by Crippen LogP contribution is 2.34. The molecule has 1 aromatic heterocycles. The van der Waals surface area contributed by atoms with E-state index in [1.54, 1.807) is 6.92 Å². The lowest BCUT2D eigenvalue weighted by Gasteiger charge is -2.40. The number of carbonyl (C=O) groups excluding carboxylic acids is 1. The lowest BCUT2D eigenvalue weighted by molar-refractivity contribution is -0.137. The van der Waals surface area contributed by atoms with Crippen molar-refractivity contribution in [3.8, 4) is 0 Å². The lowest BCUT2D eigenvalue weighted by atomic mass is 9.95. The largest absolute Gasteiger partial charge is 0.417 e. The van der Waals surface area contributed by atoms with E-state index in [0.29, 0.717) is 24.8 Å². The highest BCUT2D eigenvalue weighted by Gasteiger charge is 2.33. The van der Waals surface area contributed by atoms with Crippen molar-refractivity contribution in [2.24, 2.45) is 5.92 Å². The Hall–Kier alpha value is -1.25. The van der Waals surface area contributed by atoms with Crippen LogP contribution in [0.3, 0.4) is 0 Å². The van der Waals surface area contributed by atoms with Crippen LogP contribution in [0.25, 0.3) is 0 Å². The molecule has 2 aliphatic rings. The van der Waals surface area contributed by atoms with Gasteiger partial charge >= 0.3 is 6.18 Å². The van der Waals surface area contributed by atoms with Gasteiger partial charge in [-0.25, -0.2) is 4.98 Å². The second kappa shape index (κ2) is 10.2. The predicted octanol–water partition coefficient (Wildman–Crippen LogP) is 3.99. The molecule has 0 atom stereocenters. The zero-order valence-corrected chi connectivity index (χ0v) is 17.9. The molecule has 0 aliphatic carbocycles. The van der Waals surface area contributed by atoms with E-state index in [1.807, 2.05) is 9.80 Å². The molecule has 1 aromatic rings. The van der Waals surface area contributed by atoms with Gasteiger partial charge in [0.1, 0.15) is 5.82 Å². The normalized spacial score (nSPS) is 19.0. The molecule has 164 valence electrons. The van der Waals surface area contributed by atoms with Gasteiger partial charge in [-0.1, -0.05) is 11.6 Å². The molecule has 2 fully saturated rings. The smallest absolute Gasteiger partial charge is 0.355 e. The monoisotopic (exact) mass is 454 g/mol. The summed E-state index contributed by atoms with van der Waals surface area (Å²) in [6, 6.07) is 1.08. The molecule has 29 heavy (non-hydrogen) atoms. The Balaban J connectivity index is 0.00000300. The van der Waals surface area contributed by atoms with Gasteiger partial charge in [-0.2, -0.15) is 13.2 Å². The maximum Gasteiger partial charge on any atom is 0.417 e. The van der Waals surface area contributed by atoms with Crippen LogP contribution in [0.15, 0.2) is 12.3 Å². The van der Waals surface area contributed by atoms with E-state index < -0.39 is 11.7 Å². The number of hydrogen-bond donors (Lipinski definition) is 1. The average molecular weight is 455 g/mol. The number of carbonyl (C=O) groups is 1. The summed E-state index contributed by atoms with van der Waals surface area (Å²) >= 11 is 6.07. The molecule has 5 nitrogen and oxygen atoms in total. The molecule has 10 heteroatoms. The Kier molecular flexibility index (Phi) is 8.43. The summed E-state index contributed by atoms with van der Waals surface area (Å²) in [5, 5.41) is 3.35. The molecular weight excluding hydrogens is 428 g/mol. The third kappa shape index (κ3) is 6.12. The fourth-order valence-corrected chi connectivity index (χ4v) is 4.37. The van der Waals surface area contributed by atoms with Crippen molar-refractivity contribution in [1.29, 1.82) is 0 Å². The second-order valence-corrected chi connectivity index (χ2v) is 8.02. The Bertz CT molecular complexity index is 691. The van der Waals surface area contributed by atoms with Crippen molar-refractivity contribution in [3.05, 3.63) is 22.8 Å². The van der Waals surface area contributed by atoms with Crippen LogP contribution in [0, 0.1) is 5.92 Å². The van der Waals surface area contributed by atoms with E-state index in [1.165, 1.54) is 0 Å². The molecule has 2 aliphatic heterocycles. The third-order valence-electron chi connectivity index (χ3n) is 5.67.